The lowest BCUT2D eigenvalue weighted by Gasteiger charge is -2.16. The number of hydrogen-bond donors (Lipinski definition) is 2. The molecule has 2 heterocycles. The lowest BCUT2D eigenvalue weighted by molar-refractivity contribution is 0.0784. The molecule has 0 unspecified atom stereocenters. The fourth-order valence-electron chi connectivity index (χ4n) is 4.27. The molecule has 0 atom stereocenters. The number of amides is 1. The van der Waals surface area contributed by atoms with Crippen LogP contribution in [-0.2, 0) is 11.5 Å². The average molecular weight is 525 g/mol. The number of nitrogens with one attached hydrogen (secondary N) is 1. The number of carbonyl (C=O) groups is 1. The molecule has 1 aliphatic rings. The van der Waals surface area contributed by atoms with Crippen LogP contribution in [0, 0.1) is 0 Å². The fourth-order valence-corrected chi connectivity index (χ4v) is 5.03. The van der Waals surface area contributed by atoms with Gasteiger partial charge < -0.3 is 19.9 Å². The molecule has 37 heavy (non-hydrogen) atoms. The Hall–Kier alpha value is -3.31. The van der Waals surface area contributed by atoms with Gasteiger partial charge in [-0.1, -0.05) is 45.3 Å². The van der Waals surface area contributed by atoms with E-state index in [0.717, 1.165) is 31.7 Å². The van der Waals surface area contributed by atoms with Crippen molar-refractivity contribution < 1.29 is 19.4 Å². The zero-order chi connectivity index (χ0) is 26.3. The Morgan fingerprint density at radius 1 is 1.11 bits per heavy atom. The summed E-state index contributed by atoms with van der Waals surface area (Å²) in [5.41, 5.74) is 1.80. The number of ether oxygens (including phenoxy) is 2. The van der Waals surface area contributed by atoms with Gasteiger partial charge >= 0.3 is 6.09 Å². The second kappa shape index (κ2) is 12.3. The van der Waals surface area contributed by atoms with E-state index in [-0.39, 0.29) is 18.5 Å². The first kappa shape index (κ1) is 26.7. The van der Waals surface area contributed by atoms with Crippen LogP contribution in [0.5, 0.6) is 11.5 Å². The monoisotopic (exact) mass is 524 g/mol. The molecule has 1 amide bonds. The molecule has 11 heteroatoms. The van der Waals surface area contributed by atoms with Gasteiger partial charge in [-0.15, -0.1) is 5.10 Å². The number of hydrogen-bond acceptors (Lipinski definition) is 8. The largest absolute Gasteiger partial charge is 0.507 e. The third kappa shape index (κ3) is 7.83. The summed E-state index contributed by atoms with van der Waals surface area (Å²) in [5.74, 6) is 0.895. The zero-order valence-electron chi connectivity index (χ0n) is 21.8. The molecule has 2 N–H and O–H groups in total. The summed E-state index contributed by atoms with van der Waals surface area (Å²) in [6, 6.07) is 7.73. The molecule has 0 radical (unpaired) electrons. The van der Waals surface area contributed by atoms with Crippen molar-refractivity contribution in [1.82, 2.24) is 30.5 Å². The molecule has 3 aromatic rings. The molecule has 0 spiro atoms. The summed E-state index contributed by atoms with van der Waals surface area (Å²) in [7, 11) is -1.19. The van der Waals surface area contributed by atoms with Crippen LogP contribution in [0.25, 0.3) is 22.5 Å². The molecular formula is C26H36N6O4Si. The van der Waals surface area contributed by atoms with Gasteiger partial charge in [-0.05, 0) is 53.6 Å². The standard InChI is InChI=1S/C26H36N6O4Si/c1-37(2,3)13-12-35-18-32-25(29-30-31-32)20-14-19(16-27-17-20)23-15-22(10-11-24(23)33)36-26(34)28-21-8-6-4-5-7-9-21/h10-11,14-17,21,33H,4-9,12-13,18H2,1-3H3,(H,28,34). The van der Waals surface area contributed by atoms with Crippen LogP contribution in [-0.4, -0.2) is 57.1 Å². The van der Waals surface area contributed by atoms with Crippen LogP contribution in [0.15, 0.2) is 36.7 Å². The smallest absolute Gasteiger partial charge is 0.412 e. The van der Waals surface area contributed by atoms with Crippen molar-refractivity contribution in [2.75, 3.05) is 6.61 Å². The quantitative estimate of drug-likeness (QED) is 0.221. The number of phenols is 1. The van der Waals surface area contributed by atoms with E-state index in [1.54, 1.807) is 29.2 Å². The lowest BCUT2D eigenvalue weighted by atomic mass is 10.0. The van der Waals surface area contributed by atoms with Crippen molar-refractivity contribution in [3.05, 3.63) is 36.7 Å². The Labute approximate surface area is 218 Å². The van der Waals surface area contributed by atoms with Crippen molar-refractivity contribution in [2.45, 2.75) is 77.0 Å². The average Bonchev–Trinajstić information content (AvgIpc) is 3.18. The third-order valence-electron chi connectivity index (χ3n) is 6.41. The van der Waals surface area contributed by atoms with Gasteiger partial charge in [0.15, 0.2) is 5.82 Å². The van der Waals surface area contributed by atoms with Crippen molar-refractivity contribution >= 4 is 14.2 Å². The molecule has 1 fully saturated rings. The van der Waals surface area contributed by atoms with Crippen LogP contribution in [0.3, 0.4) is 0 Å². The number of carbonyl (C=O) groups excluding carboxylic acids is 1. The topological polar surface area (TPSA) is 124 Å². The first-order valence-electron chi connectivity index (χ1n) is 12.9. The highest BCUT2D eigenvalue weighted by Gasteiger charge is 2.18. The van der Waals surface area contributed by atoms with E-state index in [1.807, 2.05) is 6.07 Å². The Balaban J connectivity index is 1.46. The number of pyridine rings is 1. The summed E-state index contributed by atoms with van der Waals surface area (Å²) in [5, 5.41) is 25.5. The van der Waals surface area contributed by atoms with Crippen LogP contribution in [0.1, 0.15) is 38.5 Å². The molecule has 1 aliphatic carbocycles. The Morgan fingerprint density at radius 3 is 2.62 bits per heavy atom. The predicted molar refractivity (Wildman–Crippen MR) is 143 cm³/mol. The van der Waals surface area contributed by atoms with E-state index >= 15 is 0 Å². The van der Waals surface area contributed by atoms with Crippen molar-refractivity contribution in [3.63, 3.8) is 0 Å². The SMILES string of the molecule is C[Si](C)(C)CCOCn1nnnc1-c1cncc(-c2cc(OC(=O)NC3CCCCCC3)ccc2O)c1. The number of nitrogens with zero attached hydrogens (tertiary/aromatic N) is 5. The molecule has 10 nitrogen and oxygen atoms in total. The molecule has 2 aromatic heterocycles. The number of aromatic hydroxyl groups is 1. The molecule has 4 rings (SSSR count). The van der Waals surface area contributed by atoms with Crippen molar-refractivity contribution in [1.29, 1.82) is 0 Å². The summed E-state index contributed by atoms with van der Waals surface area (Å²) >= 11 is 0. The van der Waals surface area contributed by atoms with E-state index in [0.29, 0.717) is 34.9 Å². The van der Waals surface area contributed by atoms with Gasteiger partial charge in [0.25, 0.3) is 0 Å². The number of rotatable bonds is 9. The van der Waals surface area contributed by atoms with Crippen molar-refractivity contribution in [2.24, 2.45) is 0 Å². The maximum Gasteiger partial charge on any atom is 0.412 e. The molecule has 1 saturated carbocycles. The van der Waals surface area contributed by atoms with Crippen molar-refractivity contribution in [3.8, 4) is 34.0 Å². The van der Waals surface area contributed by atoms with E-state index in [1.165, 1.54) is 18.9 Å². The van der Waals surface area contributed by atoms with Crippen LogP contribution in [0.2, 0.25) is 25.7 Å². The summed E-state index contributed by atoms with van der Waals surface area (Å²) in [6.45, 7) is 7.80. The Bertz CT molecular complexity index is 1190. The van der Waals surface area contributed by atoms with Gasteiger partial charge in [0.2, 0.25) is 0 Å². The first-order valence-corrected chi connectivity index (χ1v) is 16.6. The van der Waals surface area contributed by atoms with Crippen LogP contribution in [0.4, 0.5) is 4.79 Å². The molecule has 198 valence electrons. The van der Waals surface area contributed by atoms with E-state index < -0.39 is 14.2 Å². The maximum absolute atomic E-state index is 12.5. The fraction of sp³-hybridized carbons (Fsp3) is 0.500. The highest BCUT2D eigenvalue weighted by atomic mass is 28.3. The molecule has 0 bridgehead atoms. The second-order valence-corrected chi connectivity index (χ2v) is 16.3. The minimum absolute atomic E-state index is 0.0461. The number of benzene rings is 1. The molecule has 0 saturated heterocycles. The van der Waals surface area contributed by atoms with Crippen LogP contribution < -0.4 is 10.1 Å². The zero-order valence-corrected chi connectivity index (χ0v) is 22.8. The van der Waals surface area contributed by atoms with Gasteiger partial charge in [-0.2, -0.15) is 4.68 Å². The minimum atomic E-state index is -1.19. The Morgan fingerprint density at radius 2 is 1.86 bits per heavy atom. The lowest BCUT2D eigenvalue weighted by Crippen LogP contribution is -2.36. The van der Waals surface area contributed by atoms with Crippen LogP contribution >= 0.6 is 0 Å². The van der Waals surface area contributed by atoms with Gasteiger partial charge in [0.1, 0.15) is 18.2 Å². The first-order chi connectivity index (χ1) is 17.8. The summed E-state index contributed by atoms with van der Waals surface area (Å²) in [6.07, 6.45) is 9.39. The van der Waals surface area contributed by atoms with Gasteiger partial charge in [0.05, 0.1) is 0 Å². The number of aromatic nitrogens is 5. The van der Waals surface area contributed by atoms with Gasteiger partial charge in [-0.3, -0.25) is 4.98 Å². The van der Waals surface area contributed by atoms with E-state index in [9.17, 15) is 9.90 Å². The second-order valence-electron chi connectivity index (χ2n) is 10.7. The molecule has 0 aliphatic heterocycles. The third-order valence-corrected chi connectivity index (χ3v) is 8.11. The highest BCUT2D eigenvalue weighted by molar-refractivity contribution is 6.76. The van der Waals surface area contributed by atoms with Gasteiger partial charge in [0, 0.05) is 49.8 Å². The van der Waals surface area contributed by atoms with Gasteiger partial charge in [-0.25, -0.2) is 4.79 Å². The number of phenolic OH excluding ortho intramolecular Hbond substituents is 1. The molecule has 1 aromatic carbocycles. The van der Waals surface area contributed by atoms with E-state index in [2.05, 4.69) is 45.5 Å². The molecular weight excluding hydrogens is 488 g/mol. The number of tetrazole rings is 1. The summed E-state index contributed by atoms with van der Waals surface area (Å²) in [4.78, 5) is 16.8. The maximum atomic E-state index is 12.5. The minimum Gasteiger partial charge on any atom is -0.507 e. The Kier molecular flexibility index (Phi) is 8.88. The van der Waals surface area contributed by atoms with E-state index in [4.69, 9.17) is 9.47 Å². The normalized spacial score (nSPS) is 14.8. The predicted octanol–water partition coefficient (Wildman–Crippen LogP) is 5.23. The highest BCUT2D eigenvalue weighted by Crippen LogP contribution is 2.34. The summed E-state index contributed by atoms with van der Waals surface area (Å²) < 4.78 is 12.9.